The van der Waals surface area contributed by atoms with Crippen LogP contribution in [0, 0.1) is 0 Å². The number of hydrogen-bond donors (Lipinski definition) is 1. The lowest BCUT2D eigenvalue weighted by molar-refractivity contribution is 0.395. The molecule has 1 fully saturated rings. The second-order valence-electron chi connectivity index (χ2n) is 4.56. The summed E-state index contributed by atoms with van der Waals surface area (Å²) in [6.07, 6.45) is 0.354. The molecule has 1 atom stereocenters. The zero-order chi connectivity index (χ0) is 14.3. The van der Waals surface area contributed by atoms with Crippen molar-refractivity contribution in [2.75, 3.05) is 18.6 Å². The molecule has 6 nitrogen and oxygen atoms in total. The largest absolute Gasteiger partial charge is 0.326 e. The van der Waals surface area contributed by atoms with Crippen LogP contribution in [0.3, 0.4) is 0 Å². The summed E-state index contributed by atoms with van der Waals surface area (Å²) in [7, 11) is -5.30. The third-order valence-electron chi connectivity index (χ3n) is 3.22. The lowest BCUT2D eigenvalue weighted by atomic mass is 10.3. The van der Waals surface area contributed by atoms with E-state index in [-0.39, 0.29) is 22.3 Å². The van der Waals surface area contributed by atoms with E-state index < -0.39 is 25.9 Å². The molecule has 0 aliphatic carbocycles. The molecule has 2 heterocycles. The van der Waals surface area contributed by atoms with Gasteiger partial charge in [-0.1, -0.05) is 0 Å². The normalized spacial score (nSPS) is 23.0. The van der Waals surface area contributed by atoms with Crippen molar-refractivity contribution in [3.8, 4) is 0 Å². The molecule has 1 aliphatic rings. The van der Waals surface area contributed by atoms with Gasteiger partial charge in [0.1, 0.15) is 4.21 Å². The van der Waals surface area contributed by atoms with Crippen molar-refractivity contribution < 1.29 is 16.8 Å². The number of thiophene rings is 1. The summed E-state index contributed by atoms with van der Waals surface area (Å²) in [5.74, 6) is -0.0477. The number of hydrogen-bond acceptors (Lipinski definition) is 6. The van der Waals surface area contributed by atoms with Crippen LogP contribution in [-0.2, 0) is 26.4 Å². The first-order chi connectivity index (χ1) is 8.76. The van der Waals surface area contributed by atoms with Crippen LogP contribution in [0.25, 0.3) is 0 Å². The number of sulfone groups is 1. The molecule has 0 saturated carbocycles. The van der Waals surface area contributed by atoms with Gasteiger partial charge in [0, 0.05) is 19.6 Å². The highest BCUT2D eigenvalue weighted by atomic mass is 32.2. The Balaban J connectivity index is 2.25. The summed E-state index contributed by atoms with van der Waals surface area (Å²) in [6, 6.07) is 1.07. The zero-order valence-corrected chi connectivity index (χ0v) is 12.9. The minimum absolute atomic E-state index is 0.0516. The van der Waals surface area contributed by atoms with Crippen molar-refractivity contribution in [3.05, 3.63) is 17.0 Å². The minimum Gasteiger partial charge on any atom is -0.326 e. The predicted octanol–water partition coefficient (Wildman–Crippen LogP) is 0.0144. The lowest BCUT2D eigenvalue weighted by Gasteiger charge is -2.21. The van der Waals surface area contributed by atoms with Gasteiger partial charge >= 0.3 is 0 Å². The summed E-state index contributed by atoms with van der Waals surface area (Å²) in [5, 5.41) is 1.70. The maximum Gasteiger partial charge on any atom is 0.252 e. The molecular formula is C10H16N2O4S3. The smallest absolute Gasteiger partial charge is 0.252 e. The first-order valence-electron chi connectivity index (χ1n) is 5.72. The molecule has 1 aromatic rings. The monoisotopic (exact) mass is 324 g/mol. The van der Waals surface area contributed by atoms with Crippen LogP contribution in [0.2, 0.25) is 0 Å². The van der Waals surface area contributed by atoms with Crippen molar-refractivity contribution >= 4 is 31.2 Å². The molecule has 9 heteroatoms. The van der Waals surface area contributed by atoms with Crippen LogP contribution in [0.5, 0.6) is 0 Å². The van der Waals surface area contributed by atoms with E-state index in [9.17, 15) is 16.8 Å². The molecule has 0 radical (unpaired) electrons. The molecule has 2 rings (SSSR count). The second kappa shape index (κ2) is 5.13. The maximum atomic E-state index is 12.4. The van der Waals surface area contributed by atoms with E-state index in [1.165, 1.54) is 11.4 Å². The Labute approximate surface area is 117 Å². The summed E-state index contributed by atoms with van der Waals surface area (Å²) in [5.41, 5.74) is 6.22. The molecule has 0 spiro atoms. The van der Waals surface area contributed by atoms with E-state index in [4.69, 9.17) is 5.73 Å². The van der Waals surface area contributed by atoms with Gasteiger partial charge in [-0.15, -0.1) is 11.3 Å². The molecule has 19 heavy (non-hydrogen) atoms. The van der Waals surface area contributed by atoms with Crippen molar-refractivity contribution in [1.29, 1.82) is 0 Å². The van der Waals surface area contributed by atoms with E-state index >= 15 is 0 Å². The van der Waals surface area contributed by atoms with Gasteiger partial charge in [-0.05, 0) is 23.4 Å². The highest BCUT2D eigenvalue weighted by Crippen LogP contribution is 2.27. The van der Waals surface area contributed by atoms with Crippen LogP contribution in [0.1, 0.15) is 12.0 Å². The van der Waals surface area contributed by atoms with E-state index in [1.807, 2.05) is 0 Å². The Morgan fingerprint density at radius 2 is 2.21 bits per heavy atom. The first kappa shape index (κ1) is 14.9. The van der Waals surface area contributed by atoms with Crippen LogP contribution < -0.4 is 5.73 Å². The minimum atomic E-state index is -3.63. The van der Waals surface area contributed by atoms with Crippen molar-refractivity contribution in [2.45, 2.75) is 23.2 Å². The predicted molar refractivity (Wildman–Crippen MR) is 74.2 cm³/mol. The maximum absolute atomic E-state index is 12.4. The average Bonchev–Trinajstić information content (AvgIpc) is 2.94. The molecule has 1 aromatic heterocycles. The number of sulfonamides is 1. The standard InChI is InChI=1S/C10H16N2O4S3/c1-12(9-2-3-18(13,14)7-9)19(15,16)10-4-8(5-11)6-17-10/h4,6,9H,2-3,5,7,11H2,1H3. The number of nitrogens with zero attached hydrogens (tertiary/aromatic N) is 1. The Hall–Kier alpha value is -0.480. The van der Waals surface area contributed by atoms with E-state index in [0.717, 1.165) is 16.9 Å². The Morgan fingerprint density at radius 1 is 1.53 bits per heavy atom. The van der Waals surface area contributed by atoms with Crippen LogP contribution in [-0.4, -0.2) is 45.7 Å². The molecule has 2 N–H and O–H groups in total. The van der Waals surface area contributed by atoms with Crippen LogP contribution in [0.4, 0.5) is 0 Å². The number of nitrogens with two attached hydrogens (primary N) is 1. The molecule has 1 unspecified atom stereocenters. The fraction of sp³-hybridized carbons (Fsp3) is 0.600. The fourth-order valence-corrected chi connectivity index (χ4v) is 6.66. The van der Waals surface area contributed by atoms with Crippen LogP contribution >= 0.6 is 11.3 Å². The van der Waals surface area contributed by atoms with E-state index in [1.54, 1.807) is 11.4 Å². The molecular weight excluding hydrogens is 308 g/mol. The van der Waals surface area contributed by atoms with Gasteiger partial charge in [0.05, 0.1) is 11.5 Å². The summed E-state index contributed by atoms with van der Waals surface area (Å²) in [4.78, 5) is 0. The highest BCUT2D eigenvalue weighted by Gasteiger charge is 2.36. The molecule has 108 valence electrons. The van der Waals surface area contributed by atoms with Gasteiger partial charge in [0.2, 0.25) is 0 Å². The van der Waals surface area contributed by atoms with Crippen molar-refractivity contribution in [2.24, 2.45) is 5.73 Å². The Kier molecular flexibility index (Phi) is 4.03. The van der Waals surface area contributed by atoms with Gasteiger partial charge in [-0.2, -0.15) is 4.31 Å². The van der Waals surface area contributed by atoms with Gasteiger partial charge in [-0.25, -0.2) is 16.8 Å². The molecule has 1 aliphatic heterocycles. The average molecular weight is 324 g/mol. The Morgan fingerprint density at radius 3 is 2.68 bits per heavy atom. The topological polar surface area (TPSA) is 97.5 Å². The SMILES string of the molecule is CN(C1CCS(=O)(=O)C1)S(=O)(=O)c1cc(CN)cs1. The van der Waals surface area contributed by atoms with Crippen molar-refractivity contribution in [1.82, 2.24) is 4.31 Å². The first-order valence-corrected chi connectivity index (χ1v) is 9.86. The molecule has 0 amide bonds. The molecule has 1 saturated heterocycles. The van der Waals surface area contributed by atoms with Gasteiger partial charge in [-0.3, -0.25) is 0 Å². The summed E-state index contributed by atoms with van der Waals surface area (Å²) < 4.78 is 48.9. The summed E-state index contributed by atoms with van der Waals surface area (Å²) in [6.45, 7) is 0.285. The zero-order valence-electron chi connectivity index (χ0n) is 10.4. The Bertz CT molecular complexity index is 663. The van der Waals surface area contributed by atoms with Gasteiger partial charge in [0.25, 0.3) is 10.0 Å². The van der Waals surface area contributed by atoms with Crippen molar-refractivity contribution in [3.63, 3.8) is 0 Å². The highest BCUT2D eigenvalue weighted by molar-refractivity contribution is 7.92. The van der Waals surface area contributed by atoms with Gasteiger partial charge < -0.3 is 5.73 Å². The second-order valence-corrected chi connectivity index (χ2v) is 9.92. The fourth-order valence-electron chi connectivity index (χ4n) is 2.00. The van der Waals surface area contributed by atoms with Crippen LogP contribution in [0.15, 0.2) is 15.7 Å². The van der Waals surface area contributed by atoms with E-state index in [0.29, 0.717) is 6.42 Å². The number of rotatable bonds is 4. The summed E-state index contributed by atoms with van der Waals surface area (Å²) >= 11 is 1.11. The van der Waals surface area contributed by atoms with Gasteiger partial charge in [0.15, 0.2) is 9.84 Å². The lowest BCUT2D eigenvalue weighted by Crippen LogP contribution is -2.37. The van der Waals surface area contributed by atoms with E-state index in [2.05, 4.69) is 0 Å². The molecule has 0 aromatic carbocycles. The third kappa shape index (κ3) is 3.00. The quantitative estimate of drug-likeness (QED) is 0.841. The third-order valence-corrected chi connectivity index (χ3v) is 8.35. The molecule has 0 bridgehead atoms.